The second kappa shape index (κ2) is 16.8. The first-order chi connectivity index (χ1) is 23.2. The first-order valence-corrected chi connectivity index (χ1v) is 16.8. The van der Waals surface area contributed by atoms with Crippen molar-refractivity contribution in [3.05, 3.63) is 108 Å². The summed E-state index contributed by atoms with van der Waals surface area (Å²) >= 11 is 0. The Kier molecular flexibility index (Phi) is 12.3. The fourth-order valence-corrected chi connectivity index (χ4v) is 5.80. The number of likely N-dealkylation sites (tertiary alicyclic amines) is 1. The highest BCUT2D eigenvalue weighted by molar-refractivity contribution is 5.88. The molecule has 1 fully saturated rings. The maximum absolute atomic E-state index is 13.1. The molecule has 0 N–H and O–H groups in total. The lowest BCUT2D eigenvalue weighted by atomic mass is 9.87. The second-order valence-corrected chi connectivity index (χ2v) is 13.2. The fraction of sp³-hybridized carbons (Fsp3) is 0.425. The molecule has 0 aliphatic carbocycles. The molecule has 1 aliphatic heterocycles. The molecular weight excluding hydrogens is 606 g/mol. The summed E-state index contributed by atoms with van der Waals surface area (Å²) in [7, 11) is 1.63. The SMILES string of the molecule is COC(C)Oc1cccc2ccc(COC3CN(C(=O)OC(C)(C)C)CCC3c3ccc(OCCCOCc4ccccc4)cc3)cc12. The van der Waals surface area contributed by atoms with Crippen LogP contribution in [-0.2, 0) is 32.2 Å². The highest BCUT2D eigenvalue weighted by atomic mass is 16.7. The largest absolute Gasteiger partial charge is 0.494 e. The van der Waals surface area contributed by atoms with Gasteiger partial charge < -0.3 is 33.3 Å². The smallest absolute Gasteiger partial charge is 0.410 e. The summed E-state index contributed by atoms with van der Waals surface area (Å²) in [5.74, 6) is 1.69. The van der Waals surface area contributed by atoms with E-state index in [0.29, 0.717) is 39.5 Å². The van der Waals surface area contributed by atoms with Crippen LogP contribution in [0.25, 0.3) is 10.8 Å². The summed E-state index contributed by atoms with van der Waals surface area (Å²) in [5, 5.41) is 2.07. The first-order valence-electron chi connectivity index (χ1n) is 16.8. The fourth-order valence-electron chi connectivity index (χ4n) is 5.80. The van der Waals surface area contributed by atoms with Crippen LogP contribution in [0.5, 0.6) is 11.5 Å². The summed E-state index contributed by atoms with van der Waals surface area (Å²) in [5.41, 5.74) is 2.78. The van der Waals surface area contributed by atoms with E-state index in [1.165, 1.54) is 5.56 Å². The van der Waals surface area contributed by atoms with Crippen molar-refractivity contribution in [2.75, 3.05) is 33.4 Å². The number of hydrogen-bond donors (Lipinski definition) is 0. The van der Waals surface area contributed by atoms with Gasteiger partial charge in [0.15, 0.2) is 6.29 Å². The molecule has 48 heavy (non-hydrogen) atoms. The Labute approximate surface area is 284 Å². The lowest BCUT2D eigenvalue weighted by Crippen LogP contribution is -2.48. The molecular formula is C40H49NO7. The number of rotatable bonds is 14. The molecule has 1 aliphatic rings. The monoisotopic (exact) mass is 655 g/mol. The number of ether oxygens (including phenoxy) is 6. The zero-order valence-corrected chi connectivity index (χ0v) is 28.9. The second-order valence-electron chi connectivity index (χ2n) is 13.2. The van der Waals surface area contributed by atoms with Gasteiger partial charge in [-0.05, 0) is 80.5 Å². The molecule has 4 aromatic carbocycles. The van der Waals surface area contributed by atoms with Crippen molar-refractivity contribution in [2.45, 2.75) is 77.7 Å². The lowest BCUT2D eigenvalue weighted by Gasteiger charge is -2.39. The van der Waals surface area contributed by atoms with Gasteiger partial charge in [-0.1, -0.05) is 66.7 Å². The minimum atomic E-state index is -0.570. The van der Waals surface area contributed by atoms with E-state index in [1.807, 2.05) is 70.2 Å². The molecule has 0 radical (unpaired) electrons. The number of nitrogens with zero attached hydrogens (tertiary/aromatic N) is 1. The van der Waals surface area contributed by atoms with Crippen LogP contribution in [-0.4, -0.2) is 62.4 Å². The minimum absolute atomic E-state index is 0.103. The number of fused-ring (bicyclic) bond motifs is 1. The maximum Gasteiger partial charge on any atom is 0.410 e. The van der Waals surface area contributed by atoms with E-state index in [4.69, 9.17) is 28.4 Å². The zero-order chi connectivity index (χ0) is 33.9. The molecule has 256 valence electrons. The van der Waals surface area contributed by atoms with Gasteiger partial charge in [0, 0.05) is 31.4 Å². The Bertz CT molecular complexity index is 1590. The van der Waals surface area contributed by atoms with Crippen molar-refractivity contribution in [3.63, 3.8) is 0 Å². The molecule has 1 heterocycles. The molecule has 3 unspecified atom stereocenters. The van der Waals surface area contributed by atoms with Crippen molar-refractivity contribution >= 4 is 16.9 Å². The molecule has 0 spiro atoms. The van der Waals surface area contributed by atoms with Gasteiger partial charge in [0.05, 0.1) is 39.1 Å². The van der Waals surface area contributed by atoms with Crippen molar-refractivity contribution in [1.82, 2.24) is 4.90 Å². The Morgan fingerprint density at radius 1 is 0.896 bits per heavy atom. The number of benzene rings is 4. The highest BCUT2D eigenvalue weighted by Gasteiger charge is 2.35. The summed E-state index contributed by atoms with van der Waals surface area (Å²) in [6.45, 7) is 10.8. The Morgan fingerprint density at radius 3 is 2.44 bits per heavy atom. The Balaban J connectivity index is 1.22. The van der Waals surface area contributed by atoms with E-state index < -0.39 is 5.60 Å². The first kappa shape index (κ1) is 35.2. The summed E-state index contributed by atoms with van der Waals surface area (Å²) in [6, 6.07) is 30.7. The van der Waals surface area contributed by atoms with Crippen LogP contribution in [0.4, 0.5) is 4.79 Å². The van der Waals surface area contributed by atoms with Crippen LogP contribution in [0.3, 0.4) is 0 Å². The Hall–Kier alpha value is -4.11. The third-order valence-corrected chi connectivity index (χ3v) is 8.33. The quantitative estimate of drug-likeness (QED) is 0.0996. The third kappa shape index (κ3) is 10.2. The van der Waals surface area contributed by atoms with Gasteiger partial charge in [-0.2, -0.15) is 0 Å². The van der Waals surface area contributed by atoms with Gasteiger partial charge in [-0.3, -0.25) is 0 Å². The molecule has 0 saturated carbocycles. The van der Waals surface area contributed by atoms with Crippen molar-refractivity contribution < 1.29 is 33.2 Å². The standard InChI is InChI=1S/C40H49NO7/c1-29(43-5)47-37-14-9-13-32-16-15-31(25-36(32)37)28-46-38-26-41(39(42)48-40(2,3)4)22-21-35(38)33-17-19-34(20-18-33)45-24-10-23-44-27-30-11-7-6-8-12-30/h6-9,11-20,25,29,35,38H,10,21-24,26-28H2,1-5H3. The average molecular weight is 656 g/mol. The number of carbonyl (C=O) groups is 1. The third-order valence-electron chi connectivity index (χ3n) is 8.33. The molecule has 1 saturated heterocycles. The van der Waals surface area contributed by atoms with Gasteiger partial charge in [0.2, 0.25) is 0 Å². The number of methoxy groups -OCH3 is 1. The molecule has 5 rings (SSSR count). The highest BCUT2D eigenvalue weighted by Crippen LogP contribution is 2.34. The predicted molar refractivity (Wildman–Crippen MR) is 187 cm³/mol. The normalized spacial score (nSPS) is 17.2. The van der Waals surface area contributed by atoms with Crippen LogP contribution in [0.2, 0.25) is 0 Å². The Morgan fingerprint density at radius 2 is 1.69 bits per heavy atom. The zero-order valence-electron chi connectivity index (χ0n) is 28.9. The summed E-state index contributed by atoms with van der Waals surface area (Å²) < 4.78 is 35.5. The molecule has 8 nitrogen and oxygen atoms in total. The summed E-state index contributed by atoms with van der Waals surface area (Å²) in [4.78, 5) is 14.8. The molecule has 4 aromatic rings. The minimum Gasteiger partial charge on any atom is -0.494 e. The number of piperidine rings is 1. The topological polar surface area (TPSA) is 75.7 Å². The van der Waals surface area contributed by atoms with Crippen LogP contribution < -0.4 is 9.47 Å². The van der Waals surface area contributed by atoms with E-state index in [9.17, 15) is 4.79 Å². The van der Waals surface area contributed by atoms with Crippen molar-refractivity contribution in [3.8, 4) is 11.5 Å². The average Bonchev–Trinajstić information content (AvgIpc) is 3.09. The van der Waals surface area contributed by atoms with Crippen molar-refractivity contribution in [2.24, 2.45) is 0 Å². The van der Waals surface area contributed by atoms with E-state index in [0.717, 1.165) is 46.2 Å². The summed E-state index contributed by atoms with van der Waals surface area (Å²) in [6.07, 6.45) is 0.656. The van der Waals surface area contributed by atoms with Gasteiger partial charge in [-0.15, -0.1) is 0 Å². The number of hydrogen-bond acceptors (Lipinski definition) is 7. The van der Waals surface area contributed by atoms with E-state index in [1.54, 1.807) is 12.0 Å². The molecule has 0 aromatic heterocycles. The molecule has 1 amide bonds. The van der Waals surface area contributed by atoms with Crippen LogP contribution in [0.15, 0.2) is 91.0 Å². The van der Waals surface area contributed by atoms with Crippen LogP contribution >= 0.6 is 0 Å². The van der Waals surface area contributed by atoms with Gasteiger partial charge in [-0.25, -0.2) is 4.79 Å². The van der Waals surface area contributed by atoms with Gasteiger partial charge in [0.1, 0.15) is 17.1 Å². The lowest BCUT2D eigenvalue weighted by molar-refractivity contribution is -0.0376. The van der Waals surface area contributed by atoms with Crippen molar-refractivity contribution in [1.29, 1.82) is 0 Å². The van der Waals surface area contributed by atoms with Gasteiger partial charge in [0.25, 0.3) is 0 Å². The molecule has 0 bridgehead atoms. The van der Waals surface area contributed by atoms with E-state index in [-0.39, 0.29) is 24.4 Å². The van der Waals surface area contributed by atoms with Crippen LogP contribution in [0, 0.1) is 0 Å². The number of carbonyl (C=O) groups excluding carboxylic acids is 1. The van der Waals surface area contributed by atoms with Crippen LogP contribution in [0.1, 0.15) is 63.1 Å². The predicted octanol–water partition coefficient (Wildman–Crippen LogP) is 8.51. The number of amides is 1. The van der Waals surface area contributed by atoms with E-state index >= 15 is 0 Å². The van der Waals surface area contributed by atoms with E-state index in [2.05, 4.69) is 48.5 Å². The molecule has 8 heteroatoms. The maximum atomic E-state index is 13.1. The van der Waals surface area contributed by atoms with Gasteiger partial charge >= 0.3 is 6.09 Å². The molecule has 3 atom stereocenters.